The van der Waals surface area contributed by atoms with Gasteiger partial charge in [0.2, 0.25) is 6.17 Å². The molecule has 0 spiro atoms. The van der Waals surface area contributed by atoms with E-state index in [2.05, 4.69) is 4.28 Å². The molecular formula is C20H11F14NO3S. The first kappa shape index (κ1) is 32.1. The first-order valence-corrected chi connectivity index (χ1v) is 11.1. The summed E-state index contributed by atoms with van der Waals surface area (Å²) in [5.74, 6) is -21.3. The van der Waals surface area contributed by atoms with Gasteiger partial charge in [0.15, 0.2) is 0 Å². The van der Waals surface area contributed by atoms with Crippen LogP contribution in [-0.4, -0.2) is 55.9 Å². The van der Waals surface area contributed by atoms with Crippen LogP contribution in [0.2, 0.25) is 0 Å². The molecule has 0 bridgehead atoms. The van der Waals surface area contributed by atoms with Crippen molar-refractivity contribution in [3.63, 3.8) is 0 Å². The summed E-state index contributed by atoms with van der Waals surface area (Å²) < 4.78 is 212. The van der Waals surface area contributed by atoms with E-state index in [1.54, 1.807) is 0 Å². The van der Waals surface area contributed by atoms with Crippen LogP contribution in [0.25, 0.3) is 11.1 Å². The smallest absolute Gasteiger partial charge is 0.263 e. The van der Waals surface area contributed by atoms with Crippen molar-refractivity contribution in [3.05, 3.63) is 60.2 Å². The summed E-state index contributed by atoms with van der Waals surface area (Å²) >= 11 is 0. The molecule has 0 heterocycles. The Morgan fingerprint density at radius 3 is 1.69 bits per heavy atom. The summed E-state index contributed by atoms with van der Waals surface area (Å²) in [7, 11) is -7.79. The number of hydrogen-bond acceptors (Lipinski definition) is 4. The zero-order chi connectivity index (χ0) is 30.2. The average Bonchev–Trinajstić information content (AvgIpc) is 2.83. The van der Waals surface area contributed by atoms with Crippen LogP contribution in [-0.2, 0) is 14.4 Å². The van der Waals surface area contributed by atoms with E-state index in [4.69, 9.17) is 0 Å². The highest BCUT2D eigenvalue weighted by molar-refractivity contribution is 7.87. The Kier molecular flexibility index (Phi) is 8.60. The molecule has 0 aliphatic carbocycles. The van der Waals surface area contributed by atoms with Crippen LogP contribution >= 0.6 is 0 Å². The number of rotatable bonds is 10. The Hall–Kier alpha value is -3.12. The molecule has 19 heteroatoms. The van der Waals surface area contributed by atoms with E-state index in [1.807, 2.05) is 5.16 Å². The number of benzene rings is 2. The van der Waals surface area contributed by atoms with Gasteiger partial charge in [-0.3, -0.25) is 4.28 Å². The second-order valence-electron chi connectivity index (χ2n) is 7.42. The number of hydrogen-bond donors (Lipinski definition) is 0. The molecule has 2 aromatic rings. The highest BCUT2D eigenvalue weighted by Crippen LogP contribution is 2.55. The molecule has 0 radical (unpaired) electrons. The minimum atomic E-state index is -7.79. The first-order valence-electron chi connectivity index (χ1n) is 9.70. The first-order chi connectivity index (χ1) is 17.5. The minimum absolute atomic E-state index is 0.0436. The maximum Gasteiger partial charge on any atom is 0.460 e. The van der Waals surface area contributed by atoms with Gasteiger partial charge in [-0.1, -0.05) is 59.8 Å². The molecular weight excluding hydrogens is 600 g/mol. The Balaban J connectivity index is 2.74. The monoisotopic (exact) mass is 611 g/mol. The number of halogens is 14. The largest absolute Gasteiger partial charge is 0.460 e. The standard InChI is InChI=1S/C20H11F14NO3S/c21-14(16(24,25)15(22)23)13(12-9-5-4-8-11(12)10-6-2-1-3-7-10)35-38-39(36,37)20(33,34)18(28,29)17(26,27)19(30,31)32/h1-9,14-15H. The minimum Gasteiger partial charge on any atom is -0.263 e. The summed E-state index contributed by atoms with van der Waals surface area (Å²) in [5.41, 5.74) is -3.78. The van der Waals surface area contributed by atoms with Crippen molar-refractivity contribution in [1.29, 1.82) is 0 Å². The molecule has 1 atom stereocenters. The fraction of sp³-hybridized carbons (Fsp3) is 0.350. The van der Waals surface area contributed by atoms with Gasteiger partial charge in [-0.25, -0.2) is 13.2 Å². The zero-order valence-electron chi connectivity index (χ0n) is 18.2. The predicted octanol–water partition coefficient (Wildman–Crippen LogP) is 7.07. The second-order valence-corrected chi connectivity index (χ2v) is 8.99. The van der Waals surface area contributed by atoms with Crippen molar-refractivity contribution in [2.75, 3.05) is 0 Å². The molecule has 218 valence electrons. The number of alkyl halides is 14. The molecule has 2 aromatic carbocycles. The van der Waals surface area contributed by atoms with Gasteiger partial charge >= 0.3 is 45.7 Å². The molecule has 0 amide bonds. The van der Waals surface area contributed by atoms with Gasteiger partial charge in [-0.05, 0) is 11.1 Å². The van der Waals surface area contributed by atoms with Crippen LogP contribution in [0.4, 0.5) is 61.5 Å². The van der Waals surface area contributed by atoms with Crippen molar-refractivity contribution >= 4 is 15.8 Å². The van der Waals surface area contributed by atoms with Gasteiger partial charge in [0.05, 0.1) is 0 Å². The molecule has 0 aliphatic rings. The fourth-order valence-corrected chi connectivity index (χ4v) is 3.47. The van der Waals surface area contributed by atoms with Crippen LogP contribution < -0.4 is 0 Å². The lowest BCUT2D eigenvalue weighted by Crippen LogP contribution is -2.63. The molecule has 0 saturated heterocycles. The van der Waals surface area contributed by atoms with E-state index in [1.165, 1.54) is 30.3 Å². The van der Waals surface area contributed by atoms with E-state index >= 15 is 0 Å². The van der Waals surface area contributed by atoms with Crippen LogP contribution in [0.1, 0.15) is 5.56 Å². The summed E-state index contributed by atoms with van der Waals surface area (Å²) in [6, 6.07) is 9.96. The Bertz CT molecular complexity index is 1290. The van der Waals surface area contributed by atoms with Gasteiger partial charge in [0.1, 0.15) is 5.71 Å². The van der Waals surface area contributed by atoms with Crippen LogP contribution in [0.3, 0.4) is 0 Å². The third-order valence-corrected chi connectivity index (χ3v) is 5.98. The van der Waals surface area contributed by atoms with E-state index in [-0.39, 0.29) is 5.56 Å². The lowest BCUT2D eigenvalue weighted by atomic mass is 9.93. The fourth-order valence-electron chi connectivity index (χ4n) is 2.75. The molecule has 1 unspecified atom stereocenters. The summed E-state index contributed by atoms with van der Waals surface area (Å²) in [6.45, 7) is 0. The van der Waals surface area contributed by atoms with E-state index in [0.29, 0.717) is 6.07 Å². The lowest BCUT2D eigenvalue weighted by Gasteiger charge is -2.32. The normalized spacial score (nSPS) is 15.4. The van der Waals surface area contributed by atoms with Crippen LogP contribution in [0.15, 0.2) is 59.8 Å². The summed E-state index contributed by atoms with van der Waals surface area (Å²) in [5, 5.41) is -5.46. The van der Waals surface area contributed by atoms with Gasteiger partial charge in [0, 0.05) is 5.56 Å². The second kappa shape index (κ2) is 10.5. The highest BCUT2D eigenvalue weighted by Gasteiger charge is 2.86. The van der Waals surface area contributed by atoms with E-state index in [0.717, 1.165) is 18.2 Å². The van der Waals surface area contributed by atoms with E-state index in [9.17, 15) is 69.9 Å². The van der Waals surface area contributed by atoms with Crippen LogP contribution in [0, 0.1) is 0 Å². The maximum atomic E-state index is 14.7. The van der Waals surface area contributed by atoms with Crippen molar-refractivity contribution in [1.82, 2.24) is 0 Å². The molecule has 2 rings (SSSR count). The molecule has 0 fully saturated rings. The molecule has 4 nitrogen and oxygen atoms in total. The summed E-state index contributed by atoms with van der Waals surface area (Å²) in [4.78, 5) is 0. The van der Waals surface area contributed by atoms with Gasteiger partial charge in [-0.2, -0.15) is 56.7 Å². The summed E-state index contributed by atoms with van der Waals surface area (Å²) in [6.07, 6.45) is -16.7. The quantitative estimate of drug-likeness (QED) is 0.164. The van der Waals surface area contributed by atoms with Gasteiger partial charge < -0.3 is 0 Å². The SMILES string of the molecule is O=S(=O)(ON=C(c1ccccc1-c1ccccc1)C(F)C(F)(F)C(F)F)C(F)(F)C(F)(F)C(F)(F)C(F)(F)F. The Labute approximate surface area is 209 Å². The Morgan fingerprint density at radius 2 is 1.21 bits per heavy atom. The molecule has 39 heavy (non-hydrogen) atoms. The maximum absolute atomic E-state index is 14.7. The van der Waals surface area contributed by atoms with Crippen molar-refractivity contribution in [3.8, 4) is 11.1 Å². The van der Waals surface area contributed by atoms with Crippen molar-refractivity contribution < 1.29 is 74.2 Å². The Morgan fingerprint density at radius 1 is 0.718 bits per heavy atom. The highest BCUT2D eigenvalue weighted by atomic mass is 32.2. The number of oxime groups is 1. The third kappa shape index (κ3) is 5.62. The molecule has 0 aliphatic heterocycles. The van der Waals surface area contributed by atoms with Gasteiger partial charge in [-0.15, -0.1) is 0 Å². The zero-order valence-corrected chi connectivity index (χ0v) is 19.0. The molecule has 0 aromatic heterocycles. The van der Waals surface area contributed by atoms with Crippen molar-refractivity contribution in [2.24, 2.45) is 5.16 Å². The van der Waals surface area contributed by atoms with Crippen LogP contribution in [0.5, 0.6) is 0 Å². The topological polar surface area (TPSA) is 55.7 Å². The average molecular weight is 611 g/mol. The lowest BCUT2D eigenvalue weighted by molar-refractivity contribution is -0.382. The van der Waals surface area contributed by atoms with Gasteiger partial charge in [0.25, 0.3) is 0 Å². The molecule has 0 N–H and O–H groups in total. The van der Waals surface area contributed by atoms with E-state index < -0.39 is 68.8 Å². The van der Waals surface area contributed by atoms with Crippen molar-refractivity contribution in [2.45, 2.75) is 41.8 Å². The molecule has 0 saturated carbocycles. The third-order valence-electron chi connectivity index (χ3n) is 4.82. The predicted molar refractivity (Wildman–Crippen MR) is 105 cm³/mol. The number of nitrogens with zero attached hydrogens (tertiary/aromatic N) is 1.